The topological polar surface area (TPSA) is 85.5 Å². The smallest absolute Gasteiger partial charge is 2.00 e. The van der Waals surface area contributed by atoms with Crippen LogP contribution in [-0.4, -0.2) is 40.4 Å². The standard InChI is InChI=1S/Al.Ce.Mg.3O/q2*+3;+2;3*-2. The second-order valence-corrected chi connectivity index (χ2v) is 0. The predicted octanol–water partition coefficient (Wildman–Crippen LogP) is -1.12. The van der Waals surface area contributed by atoms with Crippen LogP contribution in [0, 0.1) is 41.7 Å². The van der Waals surface area contributed by atoms with Crippen LogP contribution in [0.4, 0.5) is 0 Å². The van der Waals surface area contributed by atoms with Gasteiger partial charge < -0.3 is 16.4 Å². The fourth-order valence-electron chi connectivity index (χ4n) is 0. The first-order chi connectivity index (χ1) is 0. The van der Waals surface area contributed by atoms with Gasteiger partial charge in [0.25, 0.3) is 0 Å². The molecule has 0 atom stereocenters. The molecule has 0 fully saturated rings. The van der Waals surface area contributed by atoms with E-state index in [-0.39, 0.29) is 98.6 Å². The van der Waals surface area contributed by atoms with E-state index in [1.807, 2.05) is 0 Å². The van der Waals surface area contributed by atoms with Crippen molar-refractivity contribution in [3.63, 3.8) is 0 Å². The summed E-state index contributed by atoms with van der Waals surface area (Å²) >= 11 is 0. The molecule has 1 radical (unpaired) electrons. The Labute approximate surface area is 96.8 Å². The van der Waals surface area contributed by atoms with Crippen LogP contribution in [0.1, 0.15) is 0 Å². The van der Waals surface area contributed by atoms with Crippen molar-refractivity contribution < 1.29 is 58.2 Å². The third-order valence-corrected chi connectivity index (χ3v) is 0. The van der Waals surface area contributed by atoms with Crippen molar-refractivity contribution in [2.24, 2.45) is 0 Å². The average molecular weight is 239 g/mol. The summed E-state index contributed by atoms with van der Waals surface area (Å²) in [6, 6.07) is 0. The fourth-order valence-corrected chi connectivity index (χ4v) is 0. The summed E-state index contributed by atoms with van der Waals surface area (Å²) in [5, 5.41) is 0. The van der Waals surface area contributed by atoms with Crippen LogP contribution in [0.3, 0.4) is 0 Å². The summed E-state index contributed by atoms with van der Waals surface area (Å²) < 4.78 is 0. The van der Waals surface area contributed by atoms with Crippen molar-refractivity contribution in [3.05, 3.63) is 0 Å². The minimum atomic E-state index is 0. The van der Waals surface area contributed by atoms with Gasteiger partial charge in [-0.1, -0.05) is 0 Å². The third-order valence-electron chi connectivity index (χ3n) is 0. The molecule has 0 aromatic heterocycles. The first kappa shape index (κ1) is 74.8. The normalized spacial score (nSPS) is 0. The van der Waals surface area contributed by atoms with E-state index in [2.05, 4.69) is 0 Å². The summed E-state index contributed by atoms with van der Waals surface area (Å²) in [5.74, 6) is 0. The molecule has 25 valence electrons. The van der Waals surface area contributed by atoms with Crippen LogP contribution >= 0.6 is 0 Å². The molecule has 0 spiro atoms. The largest absolute Gasteiger partial charge is 3.00 e. The zero-order valence-corrected chi connectivity index (χ0v) is 8.72. The van der Waals surface area contributed by atoms with Crippen molar-refractivity contribution in [1.82, 2.24) is 0 Å². The Morgan fingerprint density at radius 3 is 0.667 bits per heavy atom. The SMILES string of the molecule is [Al+3].[Ce+3].[Mg+2].[O-2].[O-2].[O-2]. The molecule has 0 heterocycles. The first-order valence-corrected chi connectivity index (χ1v) is 0. The minimum Gasteiger partial charge on any atom is -2.00 e. The Bertz CT molecular complexity index is 10.8. The molecular formula is AlCeMgO3+2. The Balaban J connectivity index is 0. The van der Waals surface area contributed by atoms with E-state index in [0.29, 0.717) is 0 Å². The zero-order valence-electron chi connectivity index (χ0n) is 3.01. The molecule has 0 aromatic carbocycles. The van der Waals surface area contributed by atoms with E-state index in [9.17, 15) is 0 Å². The van der Waals surface area contributed by atoms with Gasteiger partial charge in [-0.05, 0) is 0 Å². The molecule has 0 aromatic rings. The molecular weight excluding hydrogens is 239 g/mol. The molecule has 0 amide bonds. The van der Waals surface area contributed by atoms with Crippen LogP contribution in [0.2, 0.25) is 0 Å². The monoisotopic (exact) mass is 239 g/mol. The number of rotatable bonds is 0. The van der Waals surface area contributed by atoms with Gasteiger partial charge in [0, 0.05) is 0 Å². The summed E-state index contributed by atoms with van der Waals surface area (Å²) in [7, 11) is 0. The predicted molar refractivity (Wildman–Crippen MR) is 13.6 cm³/mol. The molecule has 3 nitrogen and oxygen atoms in total. The van der Waals surface area contributed by atoms with E-state index >= 15 is 0 Å². The Hall–Kier alpha value is 2.56. The first-order valence-electron chi connectivity index (χ1n) is 0. The average Bonchev–Trinajstić information content (AvgIpc) is 0. The second-order valence-electron chi connectivity index (χ2n) is 0. The zero-order chi connectivity index (χ0) is 0. The van der Waals surface area contributed by atoms with Crippen LogP contribution in [0.15, 0.2) is 0 Å². The molecule has 0 rings (SSSR count). The molecule has 6 heavy (non-hydrogen) atoms. The number of hydrogen-bond acceptors (Lipinski definition) is 0. The van der Waals surface area contributed by atoms with Gasteiger partial charge >= 0.3 is 82.2 Å². The molecule has 6 heteroatoms. The van der Waals surface area contributed by atoms with Gasteiger partial charge in [-0.15, -0.1) is 0 Å². The maximum atomic E-state index is 0. The Kier molecular flexibility index (Phi) is 620. The summed E-state index contributed by atoms with van der Waals surface area (Å²) in [6.07, 6.45) is 0. The summed E-state index contributed by atoms with van der Waals surface area (Å²) in [4.78, 5) is 0. The van der Waals surface area contributed by atoms with Gasteiger partial charge in [-0.2, -0.15) is 0 Å². The van der Waals surface area contributed by atoms with Gasteiger partial charge in [0.1, 0.15) is 0 Å². The third kappa shape index (κ3) is 31.0. The fraction of sp³-hybridized carbons (Fsp3) is 0. The van der Waals surface area contributed by atoms with Gasteiger partial charge in [-0.3, -0.25) is 0 Å². The van der Waals surface area contributed by atoms with Crippen molar-refractivity contribution in [1.29, 1.82) is 0 Å². The molecule has 0 aliphatic heterocycles. The van der Waals surface area contributed by atoms with Gasteiger partial charge in [0.15, 0.2) is 0 Å². The second kappa shape index (κ2) is 49.7. The van der Waals surface area contributed by atoms with E-state index in [1.165, 1.54) is 0 Å². The van der Waals surface area contributed by atoms with Crippen LogP contribution in [-0.2, 0) is 16.4 Å². The quantitative estimate of drug-likeness (QED) is 0.480. The molecule has 0 saturated carbocycles. The van der Waals surface area contributed by atoms with Gasteiger partial charge in [0.2, 0.25) is 0 Å². The molecule has 0 bridgehead atoms. The van der Waals surface area contributed by atoms with Crippen molar-refractivity contribution in [3.8, 4) is 0 Å². The molecule has 0 aliphatic carbocycles. The van der Waals surface area contributed by atoms with E-state index in [0.717, 1.165) is 0 Å². The summed E-state index contributed by atoms with van der Waals surface area (Å²) in [6.45, 7) is 0. The maximum Gasteiger partial charge on any atom is 3.00 e. The maximum absolute atomic E-state index is 0. The Morgan fingerprint density at radius 2 is 0.667 bits per heavy atom. The van der Waals surface area contributed by atoms with E-state index in [4.69, 9.17) is 0 Å². The number of hydrogen-bond donors (Lipinski definition) is 0. The van der Waals surface area contributed by atoms with Crippen LogP contribution in [0.5, 0.6) is 0 Å². The molecule has 0 unspecified atom stereocenters. The summed E-state index contributed by atoms with van der Waals surface area (Å²) in [5.41, 5.74) is 0. The van der Waals surface area contributed by atoms with Gasteiger partial charge in [0.05, 0.1) is 0 Å². The van der Waals surface area contributed by atoms with Crippen molar-refractivity contribution in [2.75, 3.05) is 0 Å². The molecule has 0 saturated heterocycles. The van der Waals surface area contributed by atoms with E-state index in [1.54, 1.807) is 0 Å². The van der Waals surface area contributed by atoms with Crippen LogP contribution < -0.4 is 0 Å². The molecule has 0 N–H and O–H groups in total. The molecule has 0 aliphatic rings. The van der Waals surface area contributed by atoms with Gasteiger partial charge in [-0.25, -0.2) is 0 Å². The van der Waals surface area contributed by atoms with Crippen molar-refractivity contribution in [2.45, 2.75) is 0 Å². The van der Waals surface area contributed by atoms with E-state index < -0.39 is 0 Å². The minimum absolute atomic E-state index is 0. The van der Waals surface area contributed by atoms with Crippen LogP contribution in [0.25, 0.3) is 0 Å². The Morgan fingerprint density at radius 1 is 0.667 bits per heavy atom. The van der Waals surface area contributed by atoms with Crippen molar-refractivity contribution >= 4 is 40.4 Å².